The fraction of sp³-hybridized carbons (Fsp3) is 0.167. The number of rotatable bonds is 3. The van der Waals surface area contributed by atoms with Gasteiger partial charge in [0.2, 0.25) is 0 Å². The van der Waals surface area contributed by atoms with Crippen molar-refractivity contribution in [2.75, 3.05) is 13.2 Å². The molecule has 1 N–H and O–H groups in total. The van der Waals surface area contributed by atoms with Gasteiger partial charge in [-0.05, 0) is 44.8 Å². The molecule has 1 aliphatic rings. The third-order valence-corrected chi connectivity index (χ3v) is 4.77. The molecule has 4 aromatic carbocycles. The van der Waals surface area contributed by atoms with Crippen LogP contribution in [0.3, 0.4) is 0 Å². The van der Waals surface area contributed by atoms with E-state index in [1.54, 1.807) is 12.1 Å². The van der Waals surface area contributed by atoms with Gasteiger partial charge in [0, 0.05) is 0 Å². The van der Waals surface area contributed by atoms with E-state index in [4.69, 9.17) is 9.84 Å². The summed E-state index contributed by atoms with van der Waals surface area (Å²) in [4.78, 5) is 0. The second kappa shape index (κ2) is 7.87. The van der Waals surface area contributed by atoms with E-state index < -0.39 is 12.8 Å². The molecule has 0 spiro atoms. The van der Waals surface area contributed by atoms with Crippen molar-refractivity contribution < 1.29 is 14.2 Å². The highest BCUT2D eigenvalue weighted by molar-refractivity contribution is 5.83. The van der Waals surface area contributed by atoms with Crippen LogP contribution in [0.1, 0.15) is 23.4 Å². The molecule has 2 unspecified atom stereocenters. The molecule has 2 nitrogen and oxygen atoms in total. The molecule has 0 saturated carbocycles. The van der Waals surface area contributed by atoms with E-state index >= 15 is 0 Å². The van der Waals surface area contributed by atoms with Crippen LogP contribution >= 0.6 is 0 Å². The monoisotopic (exact) mass is 360 g/mol. The molecule has 0 aliphatic carbocycles. The SMILES string of the molecule is OCC(F)c1ccc2ccccc2c1.c1ccc2cc(C3CO3)ccc2c1. The van der Waals surface area contributed by atoms with Gasteiger partial charge in [-0.3, -0.25) is 0 Å². The molecule has 0 amide bonds. The fourth-order valence-electron chi connectivity index (χ4n) is 3.16. The summed E-state index contributed by atoms with van der Waals surface area (Å²) in [5, 5.41) is 13.4. The summed E-state index contributed by atoms with van der Waals surface area (Å²) < 4.78 is 18.4. The molecule has 1 heterocycles. The Labute approximate surface area is 157 Å². The zero-order chi connectivity index (χ0) is 18.6. The highest BCUT2D eigenvalue weighted by atomic mass is 19.1. The number of ether oxygens (including phenoxy) is 1. The van der Waals surface area contributed by atoms with Crippen LogP contribution < -0.4 is 0 Å². The number of alkyl halides is 1. The average molecular weight is 360 g/mol. The van der Waals surface area contributed by atoms with Gasteiger partial charge >= 0.3 is 0 Å². The number of aliphatic hydroxyl groups excluding tert-OH is 1. The summed E-state index contributed by atoms with van der Waals surface area (Å²) in [5.74, 6) is 0. The van der Waals surface area contributed by atoms with Gasteiger partial charge in [0.25, 0.3) is 0 Å². The highest BCUT2D eigenvalue weighted by Gasteiger charge is 2.24. The number of halogens is 1. The van der Waals surface area contributed by atoms with Gasteiger partial charge in [-0.25, -0.2) is 4.39 Å². The number of hydrogen-bond donors (Lipinski definition) is 1. The molecule has 2 atom stereocenters. The van der Waals surface area contributed by atoms with Crippen LogP contribution in [0.5, 0.6) is 0 Å². The Bertz CT molecular complexity index is 1060. The van der Waals surface area contributed by atoms with Crippen LogP contribution in [0.4, 0.5) is 4.39 Å². The molecule has 4 aromatic rings. The van der Waals surface area contributed by atoms with Gasteiger partial charge in [-0.15, -0.1) is 0 Å². The van der Waals surface area contributed by atoms with Crippen LogP contribution in [-0.4, -0.2) is 18.3 Å². The predicted octanol–water partition coefficient (Wildman–Crippen LogP) is 5.75. The largest absolute Gasteiger partial charge is 0.393 e. The van der Waals surface area contributed by atoms with E-state index in [1.165, 1.54) is 16.3 Å². The third kappa shape index (κ3) is 4.16. The van der Waals surface area contributed by atoms with Crippen molar-refractivity contribution in [2.24, 2.45) is 0 Å². The Morgan fingerprint density at radius 1 is 0.815 bits per heavy atom. The number of epoxide rings is 1. The van der Waals surface area contributed by atoms with Crippen molar-refractivity contribution in [1.82, 2.24) is 0 Å². The highest BCUT2D eigenvalue weighted by Crippen LogP contribution is 2.31. The maximum atomic E-state index is 13.1. The summed E-state index contributed by atoms with van der Waals surface area (Å²) >= 11 is 0. The molecule has 1 fully saturated rings. The van der Waals surface area contributed by atoms with Crippen molar-refractivity contribution in [3.8, 4) is 0 Å². The summed E-state index contributed by atoms with van der Waals surface area (Å²) in [6, 6.07) is 28.1. The average Bonchev–Trinajstić information content (AvgIpc) is 3.58. The lowest BCUT2D eigenvalue weighted by atomic mass is 10.0. The molecule has 0 aromatic heterocycles. The first-order valence-corrected chi connectivity index (χ1v) is 9.08. The molecule has 1 saturated heterocycles. The topological polar surface area (TPSA) is 32.8 Å². The van der Waals surface area contributed by atoms with E-state index in [0.29, 0.717) is 11.7 Å². The molecule has 5 rings (SSSR count). The van der Waals surface area contributed by atoms with Crippen LogP contribution in [0, 0.1) is 0 Å². The maximum Gasteiger partial charge on any atom is 0.148 e. The molecule has 0 radical (unpaired) electrons. The van der Waals surface area contributed by atoms with Gasteiger partial charge in [-0.2, -0.15) is 0 Å². The zero-order valence-corrected chi connectivity index (χ0v) is 14.9. The number of aliphatic hydroxyl groups is 1. The molecular formula is C24H21FO2. The van der Waals surface area contributed by atoms with Crippen LogP contribution in [-0.2, 0) is 4.74 Å². The minimum absolute atomic E-state index is 0.365. The van der Waals surface area contributed by atoms with E-state index in [-0.39, 0.29) is 0 Å². The number of fused-ring (bicyclic) bond motifs is 2. The third-order valence-electron chi connectivity index (χ3n) is 4.77. The van der Waals surface area contributed by atoms with E-state index in [2.05, 4.69) is 42.5 Å². The Morgan fingerprint density at radius 2 is 1.37 bits per heavy atom. The van der Waals surface area contributed by atoms with E-state index in [1.807, 2.05) is 30.3 Å². The minimum Gasteiger partial charge on any atom is -0.393 e. The molecule has 1 aliphatic heterocycles. The second-order valence-corrected chi connectivity index (χ2v) is 6.69. The summed E-state index contributed by atoms with van der Waals surface area (Å²) in [7, 11) is 0. The van der Waals surface area contributed by atoms with Crippen molar-refractivity contribution in [3.05, 3.63) is 96.1 Å². The standard InChI is InChI=1S/C12H11FO.C12H10O/c13-12(8-14)11-6-5-9-3-1-2-4-10(9)7-11;1-2-4-10-7-11(12-8-13-12)6-5-9(10)3-1/h1-7,12,14H,8H2;1-7,12H,8H2. The Hall–Kier alpha value is -2.75. The van der Waals surface area contributed by atoms with Gasteiger partial charge in [0.1, 0.15) is 12.3 Å². The van der Waals surface area contributed by atoms with Crippen molar-refractivity contribution in [1.29, 1.82) is 0 Å². The molecule has 136 valence electrons. The van der Waals surface area contributed by atoms with Crippen LogP contribution in [0.2, 0.25) is 0 Å². The molecular weight excluding hydrogens is 339 g/mol. The lowest BCUT2D eigenvalue weighted by Gasteiger charge is -2.06. The normalized spacial score (nSPS) is 16.6. The molecule has 0 bridgehead atoms. The van der Waals surface area contributed by atoms with E-state index in [0.717, 1.165) is 17.4 Å². The quantitative estimate of drug-likeness (QED) is 0.472. The summed E-state index contributed by atoms with van der Waals surface area (Å²) in [6.07, 6.45) is -0.913. The molecule has 27 heavy (non-hydrogen) atoms. The minimum atomic E-state index is -1.28. The van der Waals surface area contributed by atoms with Crippen LogP contribution in [0.15, 0.2) is 84.9 Å². The van der Waals surface area contributed by atoms with Gasteiger partial charge in [0.05, 0.1) is 13.2 Å². The first-order chi connectivity index (χ1) is 13.2. The molecule has 3 heteroatoms. The van der Waals surface area contributed by atoms with E-state index in [9.17, 15) is 4.39 Å². The zero-order valence-electron chi connectivity index (χ0n) is 14.9. The van der Waals surface area contributed by atoms with Gasteiger partial charge in [-0.1, -0.05) is 72.8 Å². The van der Waals surface area contributed by atoms with Crippen LogP contribution in [0.25, 0.3) is 21.5 Å². The first-order valence-electron chi connectivity index (χ1n) is 9.08. The number of hydrogen-bond acceptors (Lipinski definition) is 2. The van der Waals surface area contributed by atoms with Crippen molar-refractivity contribution in [2.45, 2.75) is 12.3 Å². The fourth-order valence-corrected chi connectivity index (χ4v) is 3.16. The Morgan fingerprint density at radius 3 is 1.96 bits per heavy atom. The Kier molecular flexibility index (Phi) is 5.14. The van der Waals surface area contributed by atoms with Crippen molar-refractivity contribution >= 4 is 21.5 Å². The van der Waals surface area contributed by atoms with Crippen molar-refractivity contribution in [3.63, 3.8) is 0 Å². The summed E-state index contributed by atoms with van der Waals surface area (Å²) in [6.45, 7) is 0.427. The lowest BCUT2D eigenvalue weighted by molar-refractivity contribution is 0.180. The first kappa shape index (κ1) is 17.7. The van der Waals surface area contributed by atoms with Gasteiger partial charge in [0.15, 0.2) is 0 Å². The summed E-state index contributed by atoms with van der Waals surface area (Å²) in [5.41, 5.74) is 1.84. The smallest absolute Gasteiger partial charge is 0.148 e. The second-order valence-electron chi connectivity index (χ2n) is 6.69. The Balaban J connectivity index is 0.000000134. The maximum absolute atomic E-state index is 13.1. The lowest BCUT2D eigenvalue weighted by Crippen LogP contribution is -1.96. The predicted molar refractivity (Wildman–Crippen MR) is 108 cm³/mol. The number of benzene rings is 4. The van der Waals surface area contributed by atoms with Gasteiger partial charge < -0.3 is 9.84 Å².